The minimum Gasteiger partial charge on any atom is -0.475 e. The first kappa shape index (κ1) is 29.7. The number of nitrogens with one attached hydrogen (secondary N) is 1. The van der Waals surface area contributed by atoms with E-state index in [0.29, 0.717) is 33.5 Å². The Morgan fingerprint density at radius 1 is 1.22 bits per heavy atom. The van der Waals surface area contributed by atoms with Crippen LogP contribution in [0.15, 0.2) is 30.3 Å². The summed E-state index contributed by atoms with van der Waals surface area (Å²) in [4.78, 5) is 23.3. The third-order valence-electron chi connectivity index (χ3n) is 6.31. The highest BCUT2D eigenvalue weighted by molar-refractivity contribution is 7.16. The van der Waals surface area contributed by atoms with E-state index < -0.39 is 12.1 Å². The van der Waals surface area contributed by atoms with Gasteiger partial charge in [0.05, 0.1) is 16.8 Å². The number of hydrogen-bond donors (Lipinski definition) is 2. The molecule has 1 aliphatic heterocycles. The molecule has 1 fully saturated rings. The van der Waals surface area contributed by atoms with Crippen LogP contribution < -0.4 is 15.1 Å². The zero-order valence-corrected chi connectivity index (χ0v) is 23.1. The molecule has 0 unspecified atom stereocenters. The summed E-state index contributed by atoms with van der Waals surface area (Å²) < 4.78 is 47.1. The van der Waals surface area contributed by atoms with Crippen molar-refractivity contribution in [1.82, 2.24) is 25.1 Å². The number of halogens is 4. The number of pyridine rings is 1. The Kier molecular flexibility index (Phi) is 8.74. The molecule has 0 radical (unpaired) electrons. The number of aryl methyl sites for hydroxylation is 2. The van der Waals surface area contributed by atoms with Crippen LogP contribution in [0.5, 0.6) is 0 Å². The van der Waals surface area contributed by atoms with Gasteiger partial charge in [-0.15, -0.1) is 0 Å². The third-order valence-corrected chi connectivity index (χ3v) is 7.34. The van der Waals surface area contributed by atoms with Crippen molar-refractivity contribution in [3.05, 3.63) is 46.7 Å². The average Bonchev–Trinajstić information content (AvgIpc) is 3.54. The number of rotatable bonds is 5. The van der Waals surface area contributed by atoms with Crippen molar-refractivity contribution in [2.75, 3.05) is 43.0 Å². The molecule has 1 aliphatic rings. The molecule has 0 spiro atoms. The molecule has 0 atom stereocenters. The van der Waals surface area contributed by atoms with Crippen LogP contribution in [0.25, 0.3) is 22.3 Å². The SMILES string of the molecule is CCn1nc2nc(C)c(N3CCNCC3)cc2c1N(C)c1nc(-c2ccc(F)cc2)c(C#N)s1.O=C(O)C(F)(F)F. The molecule has 0 aliphatic carbocycles. The van der Waals surface area contributed by atoms with Crippen molar-refractivity contribution in [3.8, 4) is 17.3 Å². The number of carboxylic acids is 1. The predicted molar refractivity (Wildman–Crippen MR) is 147 cm³/mol. The highest BCUT2D eigenvalue weighted by Crippen LogP contribution is 2.38. The molecule has 1 saturated heterocycles. The lowest BCUT2D eigenvalue weighted by Gasteiger charge is -2.30. The molecular weight excluding hydrogens is 564 g/mol. The van der Waals surface area contributed by atoms with Gasteiger partial charge in [-0.25, -0.2) is 23.8 Å². The zero-order chi connectivity index (χ0) is 29.9. The Hall–Kier alpha value is -4.29. The Morgan fingerprint density at radius 3 is 2.41 bits per heavy atom. The molecule has 10 nitrogen and oxygen atoms in total. The van der Waals surface area contributed by atoms with Crippen LogP contribution in [-0.2, 0) is 11.3 Å². The Balaban J connectivity index is 0.000000493. The van der Waals surface area contributed by atoms with Crippen molar-refractivity contribution >= 4 is 45.0 Å². The summed E-state index contributed by atoms with van der Waals surface area (Å²) >= 11 is 1.31. The minimum atomic E-state index is -5.08. The van der Waals surface area contributed by atoms with Crippen molar-refractivity contribution < 1.29 is 27.5 Å². The van der Waals surface area contributed by atoms with E-state index in [0.717, 1.165) is 48.8 Å². The number of benzene rings is 1. The summed E-state index contributed by atoms with van der Waals surface area (Å²) in [5.41, 5.74) is 4.03. The highest BCUT2D eigenvalue weighted by atomic mass is 32.1. The van der Waals surface area contributed by atoms with Crippen LogP contribution in [0.1, 0.15) is 17.5 Å². The third kappa shape index (κ3) is 6.39. The van der Waals surface area contributed by atoms with Gasteiger partial charge in [0.1, 0.15) is 28.3 Å². The summed E-state index contributed by atoms with van der Waals surface area (Å²) in [5, 5.41) is 26.6. The van der Waals surface area contributed by atoms with Gasteiger partial charge in [0.25, 0.3) is 0 Å². The first-order chi connectivity index (χ1) is 19.4. The Bertz CT molecular complexity index is 1590. The Labute approximate surface area is 236 Å². The lowest BCUT2D eigenvalue weighted by molar-refractivity contribution is -0.192. The van der Waals surface area contributed by atoms with Gasteiger partial charge in [0.2, 0.25) is 0 Å². The largest absolute Gasteiger partial charge is 0.490 e. The second kappa shape index (κ2) is 12.1. The molecule has 15 heteroatoms. The fourth-order valence-electron chi connectivity index (χ4n) is 4.35. The molecule has 0 saturated carbocycles. The van der Waals surface area contributed by atoms with Crippen molar-refractivity contribution in [3.63, 3.8) is 0 Å². The number of nitriles is 1. The number of hydrogen-bond acceptors (Lipinski definition) is 9. The van der Waals surface area contributed by atoms with E-state index in [2.05, 4.69) is 22.4 Å². The van der Waals surface area contributed by atoms with Crippen molar-refractivity contribution in [2.45, 2.75) is 26.6 Å². The number of piperazine rings is 1. The van der Waals surface area contributed by atoms with Crippen LogP contribution in [0.2, 0.25) is 0 Å². The molecular formula is C26H26F4N8O2S. The summed E-state index contributed by atoms with van der Waals surface area (Å²) in [6, 6.07) is 10.5. The van der Waals surface area contributed by atoms with Crippen LogP contribution in [0, 0.1) is 24.1 Å². The number of thiazole rings is 1. The summed E-state index contributed by atoms with van der Waals surface area (Å²) in [5.74, 6) is -2.20. The molecule has 3 aromatic heterocycles. The van der Waals surface area contributed by atoms with Gasteiger partial charge < -0.3 is 20.2 Å². The Morgan fingerprint density at radius 2 is 1.85 bits per heavy atom. The normalized spacial score (nSPS) is 13.5. The molecule has 4 aromatic rings. The molecule has 216 valence electrons. The molecule has 41 heavy (non-hydrogen) atoms. The highest BCUT2D eigenvalue weighted by Gasteiger charge is 2.38. The van der Waals surface area contributed by atoms with E-state index in [1.165, 1.54) is 23.5 Å². The van der Waals surface area contributed by atoms with Crippen molar-refractivity contribution in [2.24, 2.45) is 0 Å². The molecule has 5 rings (SSSR count). The second-order valence-corrected chi connectivity index (χ2v) is 9.97. The van der Waals surface area contributed by atoms with E-state index in [1.807, 2.05) is 30.5 Å². The number of aliphatic carboxylic acids is 1. The fraction of sp³-hybridized carbons (Fsp3) is 0.346. The predicted octanol–water partition coefficient (Wildman–Crippen LogP) is 4.70. The fourth-order valence-corrected chi connectivity index (χ4v) is 5.19. The first-order valence-corrected chi connectivity index (χ1v) is 13.3. The second-order valence-electron chi connectivity index (χ2n) is 9.00. The molecule has 0 bridgehead atoms. The maximum atomic E-state index is 13.4. The maximum absolute atomic E-state index is 13.4. The van der Waals surface area contributed by atoms with Gasteiger partial charge >= 0.3 is 12.1 Å². The standard InChI is InChI=1S/C24H25FN8S.C2HF3O2/c1-4-33-23(18-13-19(15(2)28-22(18)30-33)32-11-9-27-10-12-32)31(3)24-29-21(20(14-26)34-24)16-5-7-17(25)8-6-16;3-2(4,5)1(6)7/h5-8,13,27H,4,9-12H2,1-3H3;(H,6,7). The van der Waals surface area contributed by atoms with Crippen molar-refractivity contribution in [1.29, 1.82) is 5.26 Å². The minimum absolute atomic E-state index is 0.323. The number of alkyl halides is 3. The summed E-state index contributed by atoms with van der Waals surface area (Å²) in [6.45, 7) is 8.49. The van der Waals surface area contributed by atoms with Crippen LogP contribution in [0.3, 0.4) is 0 Å². The lowest BCUT2D eigenvalue weighted by Crippen LogP contribution is -2.43. The number of nitrogens with zero attached hydrogens (tertiary/aromatic N) is 7. The lowest BCUT2D eigenvalue weighted by atomic mass is 10.1. The van der Waals surface area contributed by atoms with Crippen LogP contribution in [-0.4, -0.2) is 70.2 Å². The number of carboxylic acid groups (broad SMARTS) is 1. The molecule has 0 amide bonds. The molecule has 1 aromatic carbocycles. The van der Waals surface area contributed by atoms with E-state index in [-0.39, 0.29) is 5.82 Å². The number of fused-ring (bicyclic) bond motifs is 1. The topological polar surface area (TPSA) is 123 Å². The van der Waals surface area contributed by atoms with Gasteiger partial charge in [0, 0.05) is 45.3 Å². The van der Waals surface area contributed by atoms with E-state index in [9.17, 15) is 22.8 Å². The monoisotopic (exact) mass is 590 g/mol. The quantitative estimate of drug-likeness (QED) is 0.318. The van der Waals surface area contributed by atoms with Gasteiger partial charge in [-0.05, 0) is 44.2 Å². The van der Waals surface area contributed by atoms with Gasteiger partial charge in [-0.3, -0.25) is 0 Å². The van der Waals surface area contributed by atoms with Crippen LogP contribution in [0.4, 0.5) is 34.2 Å². The number of aromatic nitrogens is 4. The van der Waals surface area contributed by atoms with Gasteiger partial charge in [-0.1, -0.05) is 11.3 Å². The smallest absolute Gasteiger partial charge is 0.475 e. The summed E-state index contributed by atoms with van der Waals surface area (Å²) in [7, 11) is 1.93. The first-order valence-electron chi connectivity index (χ1n) is 12.5. The van der Waals surface area contributed by atoms with E-state index in [4.69, 9.17) is 25.0 Å². The molecule has 2 N–H and O–H groups in total. The van der Waals surface area contributed by atoms with Crippen LogP contribution >= 0.6 is 11.3 Å². The average molecular weight is 591 g/mol. The number of carbonyl (C=O) groups is 1. The zero-order valence-electron chi connectivity index (χ0n) is 22.3. The number of anilines is 3. The van der Waals surface area contributed by atoms with Gasteiger partial charge in [0.15, 0.2) is 10.8 Å². The maximum Gasteiger partial charge on any atom is 0.490 e. The summed E-state index contributed by atoms with van der Waals surface area (Å²) in [6.07, 6.45) is -5.08. The molecule has 4 heterocycles. The van der Waals surface area contributed by atoms with E-state index >= 15 is 0 Å². The van der Waals surface area contributed by atoms with Gasteiger partial charge in [-0.2, -0.15) is 23.5 Å². The van der Waals surface area contributed by atoms with E-state index in [1.54, 1.807) is 12.1 Å².